The molecule has 0 aromatic heterocycles. The predicted molar refractivity (Wildman–Crippen MR) is 140 cm³/mol. The van der Waals surface area contributed by atoms with Crippen LogP contribution in [0.5, 0.6) is 0 Å². The van der Waals surface area contributed by atoms with Gasteiger partial charge in [-0.05, 0) is 17.0 Å². The Bertz CT molecular complexity index is 1380. The molecule has 10 atom stereocenters. The van der Waals surface area contributed by atoms with Crippen molar-refractivity contribution in [1.82, 2.24) is 4.72 Å². The smallest absolute Gasteiger partial charge is 0.241 e. The number of nitrogens with zero attached hydrogens (tertiary/aromatic N) is 3. The SMILES string of the molecule is [N-]=[N+]=Nc1cccc2c(S(=O)(=O)NCCO[C@@H]3O[C@@H]([C@@H](O)CO[C@@H]4O[C@@H]([C@@H](O)CO)[C@H](O)[C@H]4O)[C@H](O)[C@H]3O)cccc12. The quantitative estimate of drug-likeness (QED) is 0.0509. The maximum absolute atomic E-state index is 13.0. The minimum Gasteiger partial charge on any atom is -0.394 e. The molecule has 0 amide bonds. The van der Waals surface area contributed by atoms with Gasteiger partial charge < -0.3 is 54.7 Å². The molecular formula is C24H32N4O13S. The van der Waals surface area contributed by atoms with Gasteiger partial charge in [-0.3, -0.25) is 0 Å². The zero-order chi connectivity index (χ0) is 30.6. The number of hydrogen-bond donors (Lipinski definition) is 8. The maximum Gasteiger partial charge on any atom is 0.241 e. The van der Waals surface area contributed by atoms with Crippen molar-refractivity contribution in [2.45, 2.75) is 66.3 Å². The lowest BCUT2D eigenvalue weighted by Gasteiger charge is -2.23. The van der Waals surface area contributed by atoms with E-state index in [-0.39, 0.29) is 23.7 Å². The van der Waals surface area contributed by atoms with E-state index >= 15 is 0 Å². The summed E-state index contributed by atoms with van der Waals surface area (Å²) in [5.74, 6) is 0. The van der Waals surface area contributed by atoms with E-state index in [1.54, 1.807) is 24.3 Å². The molecule has 42 heavy (non-hydrogen) atoms. The third-order valence-electron chi connectivity index (χ3n) is 6.87. The van der Waals surface area contributed by atoms with Crippen LogP contribution in [-0.4, -0.2) is 132 Å². The Labute approximate surface area is 239 Å². The lowest BCUT2D eigenvalue weighted by Crippen LogP contribution is -2.43. The molecular weight excluding hydrogens is 584 g/mol. The van der Waals surface area contributed by atoms with Crippen molar-refractivity contribution in [3.05, 3.63) is 46.8 Å². The molecule has 2 aromatic carbocycles. The third kappa shape index (κ3) is 6.83. The monoisotopic (exact) mass is 616 g/mol. The third-order valence-corrected chi connectivity index (χ3v) is 8.39. The molecule has 232 valence electrons. The first-order valence-corrected chi connectivity index (χ1v) is 14.3. The zero-order valence-corrected chi connectivity index (χ0v) is 22.7. The summed E-state index contributed by atoms with van der Waals surface area (Å²) in [5, 5.41) is 74.1. The molecule has 0 saturated carbocycles. The van der Waals surface area contributed by atoms with Crippen LogP contribution in [0.1, 0.15) is 0 Å². The maximum atomic E-state index is 13.0. The molecule has 2 fully saturated rings. The number of rotatable bonds is 13. The molecule has 0 spiro atoms. The van der Waals surface area contributed by atoms with E-state index in [1.807, 2.05) is 0 Å². The van der Waals surface area contributed by atoms with E-state index in [0.717, 1.165) is 0 Å². The lowest BCUT2D eigenvalue weighted by atomic mass is 10.1. The minimum atomic E-state index is -4.05. The molecule has 18 heteroatoms. The molecule has 2 aliphatic heterocycles. The normalized spacial score (nSPS) is 31.2. The average Bonchev–Trinajstić information content (AvgIpc) is 3.43. The van der Waals surface area contributed by atoms with Gasteiger partial charge in [-0.15, -0.1) is 0 Å². The van der Waals surface area contributed by atoms with Crippen LogP contribution in [0.4, 0.5) is 5.69 Å². The van der Waals surface area contributed by atoms with Crippen LogP contribution in [0, 0.1) is 0 Å². The minimum absolute atomic E-state index is 0.0631. The highest BCUT2D eigenvalue weighted by atomic mass is 32.2. The Kier molecular flexibility index (Phi) is 10.7. The number of hydrogen-bond acceptors (Lipinski definition) is 14. The molecule has 8 N–H and O–H groups in total. The van der Waals surface area contributed by atoms with Crippen LogP contribution in [0.2, 0.25) is 0 Å². The molecule has 4 rings (SSSR count). The van der Waals surface area contributed by atoms with Crippen LogP contribution < -0.4 is 4.72 Å². The average molecular weight is 617 g/mol. The van der Waals surface area contributed by atoms with Gasteiger partial charge in [0.1, 0.15) is 48.8 Å². The van der Waals surface area contributed by atoms with E-state index < -0.39 is 84.6 Å². The van der Waals surface area contributed by atoms with Gasteiger partial charge in [0.25, 0.3) is 0 Å². The van der Waals surface area contributed by atoms with Crippen molar-refractivity contribution < 1.29 is 63.1 Å². The number of sulfonamides is 1. The van der Waals surface area contributed by atoms with Gasteiger partial charge in [-0.2, -0.15) is 0 Å². The summed E-state index contributed by atoms with van der Waals surface area (Å²) in [6, 6.07) is 9.17. The Morgan fingerprint density at radius 1 is 0.905 bits per heavy atom. The highest BCUT2D eigenvalue weighted by Crippen LogP contribution is 2.31. The summed E-state index contributed by atoms with van der Waals surface area (Å²) in [4.78, 5) is 2.69. The number of aliphatic hydroxyl groups excluding tert-OH is 7. The van der Waals surface area contributed by atoms with Gasteiger partial charge in [0.15, 0.2) is 12.6 Å². The standard InChI is InChI=1S/C24H32N4O13S/c25-28-27-13-5-1-4-12-11(13)3-2-6-16(12)42(36,37)26-7-8-38-23-19(34)18(33)22(41-23)15(31)10-39-24-20(35)17(32)21(40-24)14(30)9-29/h1-6,14-15,17-24,26,29-35H,7-10H2/t14-,15-,17+,18+,19+,20+,21-,22-,23+,24+/m0/s1. The van der Waals surface area contributed by atoms with Gasteiger partial charge in [0.2, 0.25) is 10.0 Å². The molecule has 2 aromatic rings. The molecule has 2 saturated heterocycles. The summed E-state index contributed by atoms with van der Waals surface area (Å²) in [6.45, 7) is -1.89. The van der Waals surface area contributed by atoms with Crippen molar-refractivity contribution in [2.75, 3.05) is 26.4 Å². The van der Waals surface area contributed by atoms with Crippen molar-refractivity contribution in [3.63, 3.8) is 0 Å². The summed E-state index contributed by atoms with van der Waals surface area (Å²) in [5.41, 5.74) is 9.02. The summed E-state index contributed by atoms with van der Waals surface area (Å²) in [7, 11) is -4.05. The fourth-order valence-electron chi connectivity index (χ4n) is 4.71. The molecule has 0 aliphatic carbocycles. The second kappa shape index (κ2) is 13.8. The number of benzene rings is 2. The summed E-state index contributed by atoms with van der Waals surface area (Å²) < 4.78 is 49.5. The summed E-state index contributed by atoms with van der Waals surface area (Å²) >= 11 is 0. The lowest BCUT2D eigenvalue weighted by molar-refractivity contribution is -0.211. The summed E-state index contributed by atoms with van der Waals surface area (Å²) in [6.07, 6.45) is -15.1. The Balaban J connectivity index is 1.28. The zero-order valence-electron chi connectivity index (χ0n) is 21.9. The van der Waals surface area contributed by atoms with Crippen LogP contribution in [0.3, 0.4) is 0 Å². The molecule has 17 nitrogen and oxygen atoms in total. The van der Waals surface area contributed by atoms with Gasteiger partial charge >= 0.3 is 0 Å². The van der Waals surface area contributed by atoms with Crippen LogP contribution in [0.15, 0.2) is 46.4 Å². The molecule has 0 bridgehead atoms. The number of azide groups is 1. The largest absolute Gasteiger partial charge is 0.394 e. The van der Waals surface area contributed by atoms with Crippen LogP contribution in [-0.2, 0) is 29.0 Å². The Hall–Kier alpha value is -2.52. The molecule has 2 aliphatic rings. The first-order valence-electron chi connectivity index (χ1n) is 12.8. The topological polar surface area (TPSA) is 273 Å². The van der Waals surface area contributed by atoms with E-state index in [2.05, 4.69) is 14.7 Å². The Morgan fingerprint density at radius 3 is 2.14 bits per heavy atom. The highest BCUT2D eigenvalue weighted by Gasteiger charge is 2.49. The van der Waals surface area contributed by atoms with Gasteiger partial charge in [0, 0.05) is 22.5 Å². The van der Waals surface area contributed by atoms with E-state index in [4.69, 9.17) is 29.6 Å². The fourth-order valence-corrected chi connectivity index (χ4v) is 5.94. The number of nitrogens with one attached hydrogen (secondary N) is 1. The van der Waals surface area contributed by atoms with Gasteiger partial charge in [-0.25, -0.2) is 13.1 Å². The van der Waals surface area contributed by atoms with Crippen LogP contribution in [0.25, 0.3) is 21.2 Å². The molecule has 2 heterocycles. The fraction of sp³-hybridized carbons (Fsp3) is 0.583. The van der Waals surface area contributed by atoms with E-state index in [1.165, 1.54) is 12.1 Å². The number of fused-ring (bicyclic) bond motifs is 1. The van der Waals surface area contributed by atoms with Gasteiger partial charge in [-0.1, -0.05) is 35.4 Å². The molecule has 0 unspecified atom stereocenters. The number of aliphatic hydroxyl groups is 7. The molecule has 0 radical (unpaired) electrons. The number of ether oxygens (including phenoxy) is 4. The second-order valence-corrected chi connectivity index (χ2v) is 11.4. The first kappa shape index (κ1) is 32.4. The van der Waals surface area contributed by atoms with E-state index in [9.17, 15) is 39.1 Å². The van der Waals surface area contributed by atoms with Gasteiger partial charge in [0.05, 0.1) is 24.7 Å². The van der Waals surface area contributed by atoms with Crippen molar-refractivity contribution in [2.24, 2.45) is 5.11 Å². The van der Waals surface area contributed by atoms with Crippen molar-refractivity contribution >= 4 is 26.5 Å². The van der Waals surface area contributed by atoms with Crippen molar-refractivity contribution in [3.8, 4) is 0 Å². The van der Waals surface area contributed by atoms with Crippen LogP contribution >= 0.6 is 0 Å². The highest BCUT2D eigenvalue weighted by molar-refractivity contribution is 7.89. The predicted octanol–water partition coefficient (Wildman–Crippen LogP) is -2.30. The Morgan fingerprint density at radius 2 is 1.50 bits per heavy atom. The first-order chi connectivity index (χ1) is 20.0. The van der Waals surface area contributed by atoms with Crippen molar-refractivity contribution in [1.29, 1.82) is 0 Å². The second-order valence-electron chi connectivity index (χ2n) is 9.64. The van der Waals surface area contributed by atoms with E-state index in [0.29, 0.717) is 10.8 Å².